The number of aryl methyl sites for hydroxylation is 1. The molecule has 0 spiro atoms. The summed E-state index contributed by atoms with van der Waals surface area (Å²) in [6.45, 7) is 2.16. The Morgan fingerprint density at radius 1 is 1.20 bits per heavy atom. The molecule has 0 amide bonds. The van der Waals surface area contributed by atoms with Crippen LogP contribution in [0.25, 0.3) is 10.8 Å². The first-order valence-corrected chi connectivity index (χ1v) is 5.32. The molecule has 0 aliphatic carbocycles. The molecule has 2 aromatic carbocycles. The molecule has 0 N–H and O–H groups in total. The Balaban J connectivity index is 2.68. The van der Waals surface area contributed by atoms with Crippen LogP contribution >= 0.6 is 0 Å². The standard InChI is InChI=1S/C14H14O/c1-2-5-12-8-11(10-15)9-13-6-3-4-7-14(12)13/h3-4,6-10H,2,5H2,1H3. The molecule has 2 rings (SSSR count). The van der Waals surface area contributed by atoms with Gasteiger partial charge in [-0.05, 0) is 34.9 Å². The summed E-state index contributed by atoms with van der Waals surface area (Å²) in [5.74, 6) is 0. The molecule has 0 radical (unpaired) electrons. The van der Waals surface area contributed by atoms with E-state index < -0.39 is 0 Å². The molecule has 0 saturated carbocycles. The number of hydrogen-bond donors (Lipinski definition) is 0. The van der Waals surface area contributed by atoms with E-state index in [1.165, 1.54) is 10.9 Å². The van der Waals surface area contributed by atoms with E-state index in [1.807, 2.05) is 24.3 Å². The normalized spacial score (nSPS) is 10.5. The first kappa shape index (κ1) is 9.91. The van der Waals surface area contributed by atoms with Gasteiger partial charge in [0, 0.05) is 5.56 Å². The smallest absolute Gasteiger partial charge is 0.150 e. The molecule has 2 aromatic rings. The number of benzene rings is 2. The van der Waals surface area contributed by atoms with Gasteiger partial charge in [-0.3, -0.25) is 4.79 Å². The van der Waals surface area contributed by atoms with Crippen molar-refractivity contribution in [1.29, 1.82) is 0 Å². The van der Waals surface area contributed by atoms with E-state index >= 15 is 0 Å². The zero-order valence-corrected chi connectivity index (χ0v) is 8.86. The lowest BCUT2D eigenvalue weighted by molar-refractivity contribution is 0.112. The molecule has 0 heterocycles. The third-order valence-corrected chi connectivity index (χ3v) is 2.63. The van der Waals surface area contributed by atoms with Crippen molar-refractivity contribution in [2.24, 2.45) is 0 Å². The molecule has 0 aliphatic rings. The molecule has 0 atom stereocenters. The van der Waals surface area contributed by atoms with Gasteiger partial charge in [0.1, 0.15) is 6.29 Å². The third-order valence-electron chi connectivity index (χ3n) is 2.63. The molecule has 0 aromatic heterocycles. The van der Waals surface area contributed by atoms with Gasteiger partial charge in [0.15, 0.2) is 0 Å². The van der Waals surface area contributed by atoms with Crippen LogP contribution in [0, 0.1) is 0 Å². The minimum atomic E-state index is 0.775. The van der Waals surface area contributed by atoms with Crippen molar-refractivity contribution in [3.63, 3.8) is 0 Å². The van der Waals surface area contributed by atoms with Gasteiger partial charge in [-0.15, -0.1) is 0 Å². The molecule has 76 valence electrons. The summed E-state index contributed by atoms with van der Waals surface area (Å²) in [6, 6.07) is 12.2. The fourth-order valence-electron chi connectivity index (χ4n) is 1.96. The lowest BCUT2D eigenvalue weighted by atomic mass is 9.98. The second-order valence-electron chi connectivity index (χ2n) is 3.77. The highest BCUT2D eigenvalue weighted by atomic mass is 16.1. The quantitative estimate of drug-likeness (QED) is 0.688. The molecule has 0 bridgehead atoms. The topological polar surface area (TPSA) is 17.1 Å². The summed E-state index contributed by atoms with van der Waals surface area (Å²) in [5.41, 5.74) is 2.05. The van der Waals surface area contributed by atoms with Crippen LogP contribution in [0.1, 0.15) is 29.3 Å². The molecule has 0 fully saturated rings. The van der Waals surface area contributed by atoms with Crippen LogP contribution in [0.5, 0.6) is 0 Å². The number of hydrogen-bond acceptors (Lipinski definition) is 1. The zero-order chi connectivity index (χ0) is 10.7. The monoisotopic (exact) mass is 198 g/mol. The Morgan fingerprint density at radius 3 is 2.73 bits per heavy atom. The van der Waals surface area contributed by atoms with E-state index in [-0.39, 0.29) is 0 Å². The van der Waals surface area contributed by atoms with Crippen molar-refractivity contribution >= 4 is 17.1 Å². The number of aldehydes is 1. The molecule has 0 aliphatic heterocycles. The summed E-state index contributed by atoms with van der Waals surface area (Å²) < 4.78 is 0. The maximum absolute atomic E-state index is 10.8. The average Bonchev–Trinajstić information content (AvgIpc) is 2.29. The van der Waals surface area contributed by atoms with Crippen molar-refractivity contribution in [3.8, 4) is 0 Å². The van der Waals surface area contributed by atoms with E-state index in [0.717, 1.165) is 30.1 Å². The van der Waals surface area contributed by atoms with Crippen LogP contribution in [0.4, 0.5) is 0 Å². The van der Waals surface area contributed by atoms with Gasteiger partial charge in [0.05, 0.1) is 0 Å². The van der Waals surface area contributed by atoms with Gasteiger partial charge >= 0.3 is 0 Å². The van der Waals surface area contributed by atoms with Crippen LogP contribution in [-0.2, 0) is 6.42 Å². The largest absolute Gasteiger partial charge is 0.298 e. The Kier molecular flexibility index (Phi) is 2.82. The average molecular weight is 198 g/mol. The Hall–Kier alpha value is -1.63. The summed E-state index contributed by atoms with van der Waals surface area (Å²) in [5, 5.41) is 2.43. The molecule has 0 saturated heterocycles. The van der Waals surface area contributed by atoms with E-state index in [4.69, 9.17) is 0 Å². The zero-order valence-electron chi connectivity index (χ0n) is 8.86. The van der Waals surface area contributed by atoms with Crippen molar-refractivity contribution < 1.29 is 4.79 Å². The van der Waals surface area contributed by atoms with Gasteiger partial charge in [-0.2, -0.15) is 0 Å². The van der Waals surface area contributed by atoms with Crippen molar-refractivity contribution in [2.45, 2.75) is 19.8 Å². The third kappa shape index (κ3) is 1.91. The van der Waals surface area contributed by atoms with Gasteiger partial charge in [0.25, 0.3) is 0 Å². The maximum atomic E-state index is 10.8. The summed E-state index contributed by atoms with van der Waals surface area (Å²) in [7, 11) is 0. The van der Waals surface area contributed by atoms with Crippen LogP contribution in [0.3, 0.4) is 0 Å². The highest BCUT2D eigenvalue weighted by molar-refractivity contribution is 5.91. The fourth-order valence-corrected chi connectivity index (χ4v) is 1.96. The van der Waals surface area contributed by atoms with Gasteiger partial charge in [-0.1, -0.05) is 37.6 Å². The molecule has 1 heteroatoms. The number of fused-ring (bicyclic) bond motifs is 1. The van der Waals surface area contributed by atoms with E-state index in [2.05, 4.69) is 19.1 Å². The van der Waals surface area contributed by atoms with Gasteiger partial charge in [0.2, 0.25) is 0 Å². The molecular weight excluding hydrogens is 184 g/mol. The summed E-state index contributed by atoms with van der Waals surface area (Å²) in [6.07, 6.45) is 3.06. The van der Waals surface area contributed by atoms with Crippen molar-refractivity contribution in [2.75, 3.05) is 0 Å². The highest BCUT2D eigenvalue weighted by Gasteiger charge is 2.02. The van der Waals surface area contributed by atoms with Crippen molar-refractivity contribution in [1.82, 2.24) is 0 Å². The fraction of sp³-hybridized carbons (Fsp3) is 0.214. The maximum Gasteiger partial charge on any atom is 0.150 e. The Labute approximate surface area is 89.7 Å². The molecule has 15 heavy (non-hydrogen) atoms. The van der Waals surface area contributed by atoms with Crippen LogP contribution in [0.15, 0.2) is 36.4 Å². The number of carbonyl (C=O) groups excluding carboxylic acids is 1. The second-order valence-corrected chi connectivity index (χ2v) is 3.77. The first-order valence-electron chi connectivity index (χ1n) is 5.32. The molecule has 1 nitrogen and oxygen atoms in total. The van der Waals surface area contributed by atoms with Gasteiger partial charge in [-0.25, -0.2) is 0 Å². The Morgan fingerprint density at radius 2 is 2.00 bits per heavy atom. The molecular formula is C14H14O. The number of rotatable bonds is 3. The lowest BCUT2D eigenvalue weighted by Gasteiger charge is -2.06. The van der Waals surface area contributed by atoms with E-state index in [1.54, 1.807) is 0 Å². The summed E-state index contributed by atoms with van der Waals surface area (Å²) >= 11 is 0. The molecule has 0 unspecified atom stereocenters. The Bertz CT molecular complexity index is 486. The SMILES string of the molecule is CCCc1cc(C=O)cc2ccccc12. The predicted octanol–water partition coefficient (Wildman–Crippen LogP) is 3.60. The van der Waals surface area contributed by atoms with Crippen molar-refractivity contribution in [3.05, 3.63) is 47.5 Å². The highest BCUT2D eigenvalue weighted by Crippen LogP contribution is 2.21. The predicted molar refractivity (Wildman–Crippen MR) is 63.3 cm³/mol. The van der Waals surface area contributed by atoms with Crippen LogP contribution in [0.2, 0.25) is 0 Å². The minimum absolute atomic E-state index is 0.775. The van der Waals surface area contributed by atoms with Crippen LogP contribution in [-0.4, -0.2) is 6.29 Å². The lowest BCUT2D eigenvalue weighted by Crippen LogP contribution is -1.89. The number of carbonyl (C=O) groups is 1. The van der Waals surface area contributed by atoms with E-state index in [9.17, 15) is 4.79 Å². The minimum Gasteiger partial charge on any atom is -0.298 e. The van der Waals surface area contributed by atoms with E-state index in [0.29, 0.717) is 0 Å². The first-order chi connectivity index (χ1) is 7.35. The second kappa shape index (κ2) is 4.26. The summed E-state index contributed by atoms with van der Waals surface area (Å²) in [4.78, 5) is 10.8. The van der Waals surface area contributed by atoms with Gasteiger partial charge < -0.3 is 0 Å². The van der Waals surface area contributed by atoms with Crippen LogP contribution < -0.4 is 0 Å².